The van der Waals surface area contributed by atoms with Gasteiger partial charge in [-0.05, 0) is 50.5 Å². The number of amides is 2. The molecule has 0 radical (unpaired) electrons. The van der Waals surface area contributed by atoms with Crippen molar-refractivity contribution in [3.05, 3.63) is 71.7 Å². The lowest BCUT2D eigenvalue weighted by molar-refractivity contribution is -0.122. The van der Waals surface area contributed by atoms with Gasteiger partial charge in [0.25, 0.3) is 5.91 Å². The van der Waals surface area contributed by atoms with E-state index >= 15 is 0 Å². The van der Waals surface area contributed by atoms with Crippen LogP contribution in [-0.2, 0) is 4.79 Å². The first-order valence-corrected chi connectivity index (χ1v) is 10.0. The van der Waals surface area contributed by atoms with Crippen LogP contribution in [0.1, 0.15) is 35.2 Å². The third-order valence-corrected chi connectivity index (χ3v) is 5.22. The van der Waals surface area contributed by atoms with Crippen molar-refractivity contribution < 1.29 is 14.0 Å². The van der Waals surface area contributed by atoms with E-state index in [0.29, 0.717) is 29.9 Å². The topological polar surface area (TPSA) is 76.0 Å². The first kappa shape index (κ1) is 19.8. The molecule has 2 amide bonds. The van der Waals surface area contributed by atoms with Crippen molar-refractivity contribution in [1.29, 1.82) is 0 Å². The number of aryl methyl sites for hydroxylation is 1. The average Bonchev–Trinajstić information content (AvgIpc) is 3.09. The molecule has 1 aromatic heterocycles. The van der Waals surface area contributed by atoms with Crippen LogP contribution >= 0.6 is 0 Å². The van der Waals surface area contributed by atoms with Crippen LogP contribution in [0.5, 0.6) is 0 Å². The van der Waals surface area contributed by atoms with Crippen LogP contribution in [0.3, 0.4) is 0 Å². The van der Waals surface area contributed by atoms with Gasteiger partial charge in [-0.2, -0.15) is 5.10 Å². The van der Waals surface area contributed by atoms with Gasteiger partial charge in [-0.1, -0.05) is 29.8 Å². The number of hydrogen-bond donors (Lipinski definition) is 2. The monoisotopic (exact) mass is 406 g/mol. The number of hydrogen-bond acceptors (Lipinski definition) is 3. The molecule has 2 aromatic carbocycles. The highest BCUT2D eigenvalue weighted by molar-refractivity contribution is 6.02. The Morgan fingerprint density at radius 3 is 2.60 bits per heavy atom. The number of nitrogens with one attached hydrogen (secondary N) is 2. The van der Waals surface area contributed by atoms with Crippen molar-refractivity contribution in [3.63, 3.8) is 0 Å². The molecular weight excluding hydrogens is 383 g/mol. The van der Waals surface area contributed by atoms with Gasteiger partial charge in [0.15, 0.2) is 0 Å². The molecule has 0 spiro atoms. The van der Waals surface area contributed by atoms with Crippen molar-refractivity contribution in [2.75, 3.05) is 6.54 Å². The maximum Gasteiger partial charge on any atom is 0.255 e. The van der Waals surface area contributed by atoms with E-state index < -0.39 is 6.04 Å². The molecule has 1 atom stereocenters. The number of benzene rings is 2. The fourth-order valence-corrected chi connectivity index (χ4v) is 3.50. The first-order chi connectivity index (χ1) is 14.5. The van der Waals surface area contributed by atoms with Gasteiger partial charge in [-0.3, -0.25) is 9.59 Å². The van der Waals surface area contributed by atoms with E-state index in [1.807, 2.05) is 31.2 Å². The van der Waals surface area contributed by atoms with E-state index in [9.17, 15) is 14.0 Å². The lowest BCUT2D eigenvalue weighted by Crippen LogP contribution is -2.45. The molecule has 1 unspecified atom stereocenters. The van der Waals surface area contributed by atoms with Crippen molar-refractivity contribution in [2.24, 2.45) is 0 Å². The van der Waals surface area contributed by atoms with E-state index in [2.05, 4.69) is 15.7 Å². The molecule has 3 aromatic rings. The highest BCUT2D eigenvalue weighted by atomic mass is 19.1. The second kappa shape index (κ2) is 8.49. The van der Waals surface area contributed by atoms with Crippen LogP contribution in [0.2, 0.25) is 0 Å². The third-order valence-electron chi connectivity index (χ3n) is 5.22. The summed E-state index contributed by atoms with van der Waals surface area (Å²) >= 11 is 0. The molecular formula is C23H23FN4O2. The van der Waals surface area contributed by atoms with E-state index in [0.717, 1.165) is 24.0 Å². The van der Waals surface area contributed by atoms with E-state index in [1.165, 1.54) is 12.1 Å². The SMILES string of the molecule is Cc1ccc(-c2nn(-c3ccc(F)cc3)cc2C(=O)NC2CCCCNC2=O)cc1. The van der Waals surface area contributed by atoms with E-state index in [4.69, 9.17) is 0 Å². The molecule has 1 aliphatic rings. The molecule has 4 rings (SSSR count). The Morgan fingerprint density at radius 2 is 1.87 bits per heavy atom. The first-order valence-electron chi connectivity index (χ1n) is 10.0. The Bertz CT molecular complexity index is 1060. The van der Waals surface area contributed by atoms with Gasteiger partial charge in [0.1, 0.15) is 17.6 Å². The molecule has 0 saturated carbocycles. The van der Waals surface area contributed by atoms with Gasteiger partial charge in [-0.15, -0.1) is 0 Å². The second-order valence-electron chi connectivity index (χ2n) is 7.49. The maximum atomic E-state index is 13.3. The fourth-order valence-electron chi connectivity index (χ4n) is 3.50. The van der Waals surface area contributed by atoms with Crippen molar-refractivity contribution in [1.82, 2.24) is 20.4 Å². The number of rotatable bonds is 4. The fraction of sp³-hybridized carbons (Fsp3) is 0.261. The zero-order valence-electron chi connectivity index (χ0n) is 16.7. The normalized spacial score (nSPS) is 16.6. The summed E-state index contributed by atoms with van der Waals surface area (Å²) in [5, 5.41) is 10.3. The summed E-state index contributed by atoms with van der Waals surface area (Å²) in [7, 11) is 0. The van der Waals surface area contributed by atoms with Crippen LogP contribution in [0.4, 0.5) is 4.39 Å². The van der Waals surface area contributed by atoms with Crippen LogP contribution < -0.4 is 10.6 Å². The molecule has 7 heteroatoms. The molecule has 2 heterocycles. The van der Waals surface area contributed by atoms with E-state index in [-0.39, 0.29) is 17.6 Å². The minimum absolute atomic E-state index is 0.163. The minimum Gasteiger partial charge on any atom is -0.354 e. The Kier molecular flexibility index (Phi) is 5.61. The van der Waals surface area contributed by atoms with Gasteiger partial charge in [0.2, 0.25) is 5.91 Å². The van der Waals surface area contributed by atoms with Crippen LogP contribution in [0.15, 0.2) is 54.7 Å². The van der Waals surface area contributed by atoms with Crippen LogP contribution in [0, 0.1) is 12.7 Å². The summed E-state index contributed by atoms with van der Waals surface area (Å²) in [6.45, 7) is 2.61. The average molecular weight is 406 g/mol. The van der Waals surface area contributed by atoms with Gasteiger partial charge >= 0.3 is 0 Å². The Balaban J connectivity index is 1.70. The summed E-state index contributed by atoms with van der Waals surface area (Å²) in [6, 6.07) is 13.0. The van der Waals surface area contributed by atoms with E-state index in [1.54, 1.807) is 23.0 Å². The number of halogens is 1. The lowest BCUT2D eigenvalue weighted by atomic mass is 10.1. The molecule has 1 aliphatic heterocycles. The van der Waals surface area contributed by atoms with Crippen LogP contribution in [-0.4, -0.2) is 34.2 Å². The van der Waals surface area contributed by atoms with Gasteiger partial charge in [-0.25, -0.2) is 9.07 Å². The largest absolute Gasteiger partial charge is 0.354 e. The van der Waals surface area contributed by atoms with Crippen molar-refractivity contribution in [2.45, 2.75) is 32.2 Å². The highest BCUT2D eigenvalue weighted by Gasteiger charge is 2.26. The molecule has 0 bridgehead atoms. The molecule has 1 fully saturated rings. The van der Waals surface area contributed by atoms with Crippen molar-refractivity contribution in [3.8, 4) is 16.9 Å². The Labute approximate surface area is 174 Å². The molecule has 2 N–H and O–H groups in total. The number of carbonyl (C=O) groups excluding carboxylic acids is 2. The standard InChI is InChI=1S/C23H23FN4O2/c1-15-5-7-16(8-6-15)21-19(14-28(27-21)18-11-9-17(24)10-12-18)22(29)26-20-4-2-3-13-25-23(20)30/h5-12,14,20H,2-4,13H2,1H3,(H,25,30)(H,26,29). The summed E-state index contributed by atoms with van der Waals surface area (Å²) < 4.78 is 14.9. The van der Waals surface area contributed by atoms with Crippen LogP contribution in [0.25, 0.3) is 16.9 Å². The van der Waals surface area contributed by atoms with Crippen molar-refractivity contribution >= 4 is 11.8 Å². The smallest absolute Gasteiger partial charge is 0.255 e. The Hall–Kier alpha value is -3.48. The molecule has 30 heavy (non-hydrogen) atoms. The minimum atomic E-state index is -0.569. The highest BCUT2D eigenvalue weighted by Crippen LogP contribution is 2.25. The molecule has 6 nitrogen and oxygen atoms in total. The lowest BCUT2D eigenvalue weighted by Gasteiger charge is -2.15. The zero-order chi connectivity index (χ0) is 21.1. The summed E-state index contributed by atoms with van der Waals surface area (Å²) in [5.41, 5.74) is 3.39. The van der Waals surface area contributed by atoms with Gasteiger partial charge in [0.05, 0.1) is 11.3 Å². The third kappa shape index (κ3) is 4.25. The molecule has 154 valence electrons. The maximum absolute atomic E-state index is 13.3. The number of carbonyl (C=O) groups is 2. The Morgan fingerprint density at radius 1 is 1.13 bits per heavy atom. The predicted octanol–water partition coefficient (Wildman–Crippen LogP) is 3.39. The van der Waals surface area contributed by atoms with Gasteiger partial charge in [0, 0.05) is 18.3 Å². The van der Waals surface area contributed by atoms with Gasteiger partial charge < -0.3 is 10.6 Å². The number of nitrogens with zero attached hydrogens (tertiary/aromatic N) is 2. The quantitative estimate of drug-likeness (QED) is 0.697. The summed E-state index contributed by atoms with van der Waals surface area (Å²) in [6.07, 6.45) is 3.98. The molecule has 1 saturated heterocycles. The molecule has 0 aliphatic carbocycles. The zero-order valence-corrected chi connectivity index (χ0v) is 16.7. The number of aromatic nitrogens is 2. The summed E-state index contributed by atoms with van der Waals surface area (Å²) in [5.74, 6) is -0.869. The summed E-state index contributed by atoms with van der Waals surface area (Å²) in [4.78, 5) is 25.4. The second-order valence-corrected chi connectivity index (χ2v) is 7.49. The predicted molar refractivity (Wildman–Crippen MR) is 112 cm³/mol.